The highest BCUT2D eigenvalue weighted by Crippen LogP contribution is 2.29. The molecule has 0 aliphatic heterocycles. The number of hydrogen-bond acceptors (Lipinski definition) is 4. The van der Waals surface area contributed by atoms with Gasteiger partial charge in [0.2, 0.25) is 0 Å². The van der Waals surface area contributed by atoms with Crippen LogP contribution in [0.3, 0.4) is 0 Å². The largest absolute Gasteiger partial charge is 0.369 e. The lowest BCUT2D eigenvalue weighted by atomic mass is 10.2. The summed E-state index contributed by atoms with van der Waals surface area (Å²) >= 11 is 14.2. The molecular weight excluding hydrogens is 313 g/mol. The minimum atomic E-state index is 0.564. The van der Waals surface area contributed by atoms with Crippen molar-refractivity contribution in [2.45, 2.75) is 32.6 Å². The molecule has 1 heterocycles. The van der Waals surface area contributed by atoms with Gasteiger partial charge in [0.25, 0.3) is 0 Å². The first-order valence-corrected chi connectivity index (χ1v) is 9.16. The summed E-state index contributed by atoms with van der Waals surface area (Å²) in [6.07, 6.45) is 6.77. The first-order chi connectivity index (χ1) is 9.69. The van der Waals surface area contributed by atoms with Crippen LogP contribution in [0.15, 0.2) is 6.07 Å². The van der Waals surface area contributed by atoms with Gasteiger partial charge in [-0.25, -0.2) is 4.98 Å². The molecule has 0 fully saturated rings. The molecule has 2 N–H and O–H groups in total. The Morgan fingerprint density at radius 3 is 2.30 bits per heavy atom. The van der Waals surface area contributed by atoms with E-state index in [0.29, 0.717) is 21.7 Å². The number of aromatic nitrogens is 1. The monoisotopic (exact) mass is 335 g/mol. The van der Waals surface area contributed by atoms with Crippen LogP contribution in [-0.4, -0.2) is 30.1 Å². The van der Waals surface area contributed by atoms with Crippen LogP contribution < -0.4 is 10.6 Å². The van der Waals surface area contributed by atoms with Crippen LogP contribution >= 0.6 is 35.0 Å². The number of nitrogens with one attached hydrogen (secondary N) is 2. The number of rotatable bonds is 10. The molecule has 0 saturated carbocycles. The summed E-state index contributed by atoms with van der Waals surface area (Å²) in [6, 6.07) is 1.74. The average molecular weight is 336 g/mol. The molecular formula is C14H23Cl2N3S. The fraction of sp³-hybridized carbons (Fsp3) is 0.643. The normalized spacial score (nSPS) is 10.6. The van der Waals surface area contributed by atoms with E-state index < -0.39 is 0 Å². The maximum atomic E-state index is 6.16. The Morgan fingerprint density at radius 2 is 1.70 bits per heavy atom. The van der Waals surface area contributed by atoms with Crippen LogP contribution in [0.2, 0.25) is 10.0 Å². The van der Waals surface area contributed by atoms with E-state index in [1.165, 1.54) is 18.6 Å². The van der Waals surface area contributed by atoms with Crippen molar-refractivity contribution in [3.63, 3.8) is 0 Å². The highest BCUT2D eigenvalue weighted by molar-refractivity contribution is 7.98. The Bertz CT molecular complexity index is 402. The van der Waals surface area contributed by atoms with E-state index in [2.05, 4.69) is 28.8 Å². The van der Waals surface area contributed by atoms with Crippen molar-refractivity contribution in [2.75, 3.05) is 35.7 Å². The summed E-state index contributed by atoms with van der Waals surface area (Å²) in [5.41, 5.74) is 0. The Hall–Kier alpha value is -0.320. The predicted molar refractivity (Wildman–Crippen MR) is 93.8 cm³/mol. The molecule has 20 heavy (non-hydrogen) atoms. The minimum absolute atomic E-state index is 0.564. The van der Waals surface area contributed by atoms with Gasteiger partial charge in [-0.05, 0) is 37.3 Å². The fourth-order valence-electron chi connectivity index (χ4n) is 1.71. The van der Waals surface area contributed by atoms with Crippen molar-refractivity contribution in [1.82, 2.24) is 4.98 Å². The van der Waals surface area contributed by atoms with Crippen LogP contribution in [0.25, 0.3) is 0 Å². The molecule has 0 bridgehead atoms. The number of thioether (sulfide) groups is 1. The summed E-state index contributed by atoms with van der Waals surface area (Å²) in [6.45, 7) is 3.84. The topological polar surface area (TPSA) is 37.0 Å². The molecule has 3 nitrogen and oxygen atoms in total. The summed E-state index contributed by atoms with van der Waals surface area (Å²) in [7, 11) is 0. The lowest BCUT2D eigenvalue weighted by Gasteiger charge is -2.12. The molecule has 0 aliphatic rings. The molecule has 1 rings (SSSR count). The smallest absolute Gasteiger partial charge is 0.147 e. The van der Waals surface area contributed by atoms with E-state index in [-0.39, 0.29) is 0 Å². The van der Waals surface area contributed by atoms with E-state index >= 15 is 0 Å². The second-order valence-corrected chi connectivity index (χ2v) is 6.36. The van der Waals surface area contributed by atoms with E-state index in [0.717, 1.165) is 25.9 Å². The van der Waals surface area contributed by atoms with Crippen LogP contribution in [0.5, 0.6) is 0 Å². The lowest BCUT2D eigenvalue weighted by molar-refractivity contribution is 0.748. The van der Waals surface area contributed by atoms with Crippen molar-refractivity contribution in [3.8, 4) is 0 Å². The molecule has 0 atom stereocenters. The first kappa shape index (κ1) is 17.7. The third-order valence-corrected chi connectivity index (χ3v) is 4.06. The van der Waals surface area contributed by atoms with Crippen molar-refractivity contribution in [1.29, 1.82) is 0 Å². The van der Waals surface area contributed by atoms with Gasteiger partial charge in [-0.3, -0.25) is 0 Å². The number of unbranched alkanes of at least 4 members (excludes halogenated alkanes) is 2. The molecule has 114 valence electrons. The van der Waals surface area contributed by atoms with Gasteiger partial charge in [0.15, 0.2) is 0 Å². The molecule has 0 radical (unpaired) electrons. The maximum absolute atomic E-state index is 6.16. The second-order valence-electron chi connectivity index (χ2n) is 4.56. The Morgan fingerprint density at radius 1 is 1.05 bits per heavy atom. The van der Waals surface area contributed by atoms with Crippen LogP contribution in [0.4, 0.5) is 11.6 Å². The zero-order valence-electron chi connectivity index (χ0n) is 12.1. The number of pyridine rings is 1. The van der Waals surface area contributed by atoms with Gasteiger partial charge >= 0.3 is 0 Å². The molecule has 0 aromatic carbocycles. The standard InChI is InChI=1S/C14H23Cl2N3S/c1-3-7-17-13-11(15)10-12(16)14(19-13)18-8-5-4-6-9-20-2/h10H,3-9H2,1-2H3,(H2,17,18,19). The Balaban J connectivity index is 2.47. The number of hydrogen-bond donors (Lipinski definition) is 2. The predicted octanol–water partition coefficient (Wildman–Crippen LogP) is 5.16. The van der Waals surface area contributed by atoms with Gasteiger partial charge in [0, 0.05) is 13.1 Å². The van der Waals surface area contributed by atoms with Crippen molar-refractivity contribution < 1.29 is 0 Å². The third-order valence-electron chi connectivity index (χ3n) is 2.79. The number of halogens is 2. The first-order valence-electron chi connectivity index (χ1n) is 7.01. The van der Waals surface area contributed by atoms with E-state index in [4.69, 9.17) is 23.2 Å². The highest BCUT2D eigenvalue weighted by Gasteiger charge is 2.08. The summed E-state index contributed by atoms with van der Waals surface area (Å²) < 4.78 is 0. The number of anilines is 2. The molecule has 1 aromatic rings. The Kier molecular flexibility index (Phi) is 9.23. The van der Waals surface area contributed by atoms with Crippen molar-refractivity contribution >= 4 is 46.6 Å². The van der Waals surface area contributed by atoms with Crippen molar-refractivity contribution in [2.24, 2.45) is 0 Å². The molecule has 1 aromatic heterocycles. The second kappa shape index (κ2) is 10.4. The molecule has 0 aliphatic carbocycles. The van der Waals surface area contributed by atoms with Gasteiger partial charge in [0.05, 0.1) is 10.0 Å². The van der Waals surface area contributed by atoms with Crippen LogP contribution in [0, 0.1) is 0 Å². The fourth-order valence-corrected chi connectivity index (χ4v) is 2.70. The molecule has 6 heteroatoms. The van der Waals surface area contributed by atoms with Gasteiger partial charge < -0.3 is 10.6 Å². The maximum Gasteiger partial charge on any atom is 0.147 e. The lowest BCUT2D eigenvalue weighted by Crippen LogP contribution is -2.08. The molecule has 0 spiro atoms. The summed E-state index contributed by atoms with van der Waals surface area (Å²) in [4.78, 5) is 4.45. The molecule has 0 unspecified atom stereocenters. The van der Waals surface area contributed by atoms with Crippen molar-refractivity contribution in [3.05, 3.63) is 16.1 Å². The van der Waals surface area contributed by atoms with E-state index in [9.17, 15) is 0 Å². The number of nitrogens with zero attached hydrogens (tertiary/aromatic N) is 1. The SMILES string of the molecule is CCCNc1nc(NCCCCCSC)c(Cl)cc1Cl. The zero-order valence-corrected chi connectivity index (χ0v) is 14.5. The van der Waals surface area contributed by atoms with Gasteiger partial charge in [-0.1, -0.05) is 36.5 Å². The van der Waals surface area contributed by atoms with Gasteiger partial charge in [0.1, 0.15) is 11.6 Å². The quantitative estimate of drug-likeness (QED) is 0.579. The van der Waals surface area contributed by atoms with E-state index in [1.54, 1.807) is 6.07 Å². The van der Waals surface area contributed by atoms with Crippen LogP contribution in [-0.2, 0) is 0 Å². The third kappa shape index (κ3) is 6.42. The van der Waals surface area contributed by atoms with Gasteiger partial charge in [-0.2, -0.15) is 11.8 Å². The van der Waals surface area contributed by atoms with Gasteiger partial charge in [-0.15, -0.1) is 0 Å². The zero-order chi connectivity index (χ0) is 14.8. The molecule has 0 amide bonds. The van der Waals surface area contributed by atoms with Crippen LogP contribution in [0.1, 0.15) is 32.6 Å². The summed E-state index contributed by atoms with van der Waals surface area (Å²) in [5, 5.41) is 7.62. The average Bonchev–Trinajstić information content (AvgIpc) is 2.43. The van der Waals surface area contributed by atoms with E-state index in [1.807, 2.05) is 11.8 Å². The summed E-state index contributed by atoms with van der Waals surface area (Å²) in [5.74, 6) is 2.63. The minimum Gasteiger partial charge on any atom is -0.369 e. The Labute approximate surface area is 136 Å². The highest BCUT2D eigenvalue weighted by atomic mass is 35.5. The molecule has 0 saturated heterocycles.